The first-order valence-electron chi connectivity index (χ1n) is 33.6. The summed E-state index contributed by atoms with van der Waals surface area (Å²) in [7, 11) is -4.42. The lowest BCUT2D eigenvalue weighted by atomic mass is 10.1. The first kappa shape index (κ1) is 81.6. The zero-order valence-electron chi connectivity index (χ0n) is 54.4. The Balaban J connectivity index is 4.07. The van der Waals surface area contributed by atoms with Crippen molar-refractivity contribution in [1.29, 1.82) is 0 Å². The Morgan fingerprint density at radius 3 is 0.885 bits per heavy atom. The highest BCUT2D eigenvalue weighted by Gasteiger charge is 2.26. The molecule has 0 radical (unpaired) electrons. The van der Waals surface area contributed by atoms with Crippen LogP contribution in [-0.2, 0) is 32.7 Å². The third-order valence-corrected chi connectivity index (χ3v) is 14.1. The van der Waals surface area contributed by atoms with E-state index in [-0.39, 0.29) is 32.6 Å². The second-order valence-electron chi connectivity index (χ2n) is 21.2. The maximum atomic E-state index is 12.7. The van der Waals surface area contributed by atoms with Gasteiger partial charge < -0.3 is 20.1 Å². The number of esters is 2. The minimum absolute atomic E-state index is 0.0367. The van der Waals surface area contributed by atoms with Crippen LogP contribution < -0.4 is 5.73 Å². The number of phosphoric ester groups is 1. The molecule has 2 atom stereocenters. The zero-order valence-corrected chi connectivity index (χ0v) is 55.3. The van der Waals surface area contributed by atoms with Crippen LogP contribution in [0.3, 0.4) is 0 Å². The fourth-order valence-electron chi connectivity index (χ4n) is 8.29. The number of ether oxygens (including phenoxy) is 2. The SMILES string of the molecule is CC/C=C\C/C=C\C/C=C\C/C=C\C/C=C\C/C=C\C/C=C\C/C=C\C/C=C\C/C=C\C/C=C\C/C=C\CCCCCCC(=O)OC(COC(=O)CCCCCCCCCCC/C=C\C/C=C\C/C=C\C/C=C\C/C=C\CC)COP(=O)(O)OCCN. The second-order valence-corrected chi connectivity index (χ2v) is 22.7. The van der Waals surface area contributed by atoms with Gasteiger partial charge >= 0.3 is 19.8 Å². The molecule has 0 spiro atoms. The van der Waals surface area contributed by atoms with Gasteiger partial charge in [-0.05, 0) is 148 Å². The van der Waals surface area contributed by atoms with Crippen LogP contribution in [0.2, 0.25) is 0 Å². The molecule has 486 valence electrons. The third kappa shape index (κ3) is 69.6. The van der Waals surface area contributed by atoms with E-state index in [9.17, 15) is 19.0 Å². The molecule has 10 heteroatoms. The molecule has 87 heavy (non-hydrogen) atoms. The lowest BCUT2D eigenvalue weighted by Gasteiger charge is -2.19. The molecule has 0 aromatic rings. The van der Waals surface area contributed by atoms with Gasteiger partial charge in [-0.2, -0.15) is 0 Å². The second kappa shape index (κ2) is 69.7. The van der Waals surface area contributed by atoms with Gasteiger partial charge in [-0.15, -0.1) is 0 Å². The minimum atomic E-state index is -4.42. The van der Waals surface area contributed by atoms with Gasteiger partial charge in [0.1, 0.15) is 6.61 Å². The largest absolute Gasteiger partial charge is 0.472 e. The summed E-state index contributed by atoms with van der Waals surface area (Å²) in [6.45, 7) is 3.45. The quantitative estimate of drug-likeness (QED) is 0.0264. The molecular formula is C77H120NO8P. The van der Waals surface area contributed by atoms with E-state index < -0.39 is 32.5 Å². The molecule has 0 aromatic carbocycles. The summed E-state index contributed by atoms with van der Waals surface area (Å²) in [6, 6.07) is 0. The van der Waals surface area contributed by atoms with Crippen LogP contribution in [0.5, 0.6) is 0 Å². The highest BCUT2D eigenvalue weighted by molar-refractivity contribution is 7.47. The molecule has 0 amide bonds. The Hall–Kier alpha value is -5.41. The van der Waals surface area contributed by atoms with E-state index in [1.165, 1.54) is 32.1 Å². The van der Waals surface area contributed by atoms with E-state index in [4.69, 9.17) is 24.3 Å². The fourth-order valence-corrected chi connectivity index (χ4v) is 9.06. The Morgan fingerprint density at radius 2 is 0.598 bits per heavy atom. The first-order valence-corrected chi connectivity index (χ1v) is 35.1. The van der Waals surface area contributed by atoms with Crippen LogP contribution in [-0.4, -0.2) is 49.3 Å². The number of phosphoric acid groups is 1. The summed E-state index contributed by atoms with van der Waals surface area (Å²) in [6.07, 6.45) is 108. The molecular weight excluding hydrogens is 1100 g/mol. The van der Waals surface area contributed by atoms with Crippen LogP contribution in [0.15, 0.2) is 207 Å². The molecule has 3 N–H and O–H groups in total. The van der Waals surface area contributed by atoms with Gasteiger partial charge in [-0.25, -0.2) is 4.57 Å². The van der Waals surface area contributed by atoms with Gasteiger partial charge in [-0.3, -0.25) is 18.6 Å². The molecule has 9 nitrogen and oxygen atoms in total. The topological polar surface area (TPSA) is 134 Å². The maximum Gasteiger partial charge on any atom is 0.472 e. The van der Waals surface area contributed by atoms with Crippen molar-refractivity contribution >= 4 is 19.8 Å². The van der Waals surface area contributed by atoms with Crippen molar-refractivity contribution in [2.24, 2.45) is 5.73 Å². The van der Waals surface area contributed by atoms with Crippen LogP contribution in [0, 0.1) is 0 Å². The summed E-state index contributed by atoms with van der Waals surface area (Å²) < 4.78 is 33.1. The lowest BCUT2D eigenvalue weighted by molar-refractivity contribution is -0.161. The predicted molar refractivity (Wildman–Crippen MR) is 375 cm³/mol. The predicted octanol–water partition coefficient (Wildman–Crippen LogP) is 22.3. The standard InChI is InChI=1S/C77H120NO8P/c1-3-5-7-9-11-13-15-17-19-21-23-25-27-29-30-31-32-33-34-35-36-37-38-39-40-41-42-43-44-46-48-50-52-54-56-58-60-62-64-66-68-70-77(80)86-75(74-85-87(81,82)84-72-71-78)73-83-76(79)69-67-65-63-61-59-57-55-53-51-49-47-45-28-26-24-22-20-18-16-14-12-10-8-6-4-2/h5-8,11-14,17-20,23-26,29-30,32-33,35-36,38-39,41-42,44-47,50,52,56,58,75H,3-4,9-10,15-16,21-22,27-28,31,34,37,40,43,48-49,51,53-55,57,59-74,78H2,1-2H3,(H,81,82)/b7-5-,8-6-,13-11-,14-12-,19-17-,20-18-,25-23-,26-24-,30-29-,33-32-,36-35-,39-38-,42-41-,46-44-,47-45-,52-50-,58-56-. The van der Waals surface area contributed by atoms with E-state index in [1.807, 2.05) is 0 Å². The van der Waals surface area contributed by atoms with Gasteiger partial charge in [0.15, 0.2) is 6.10 Å². The number of allylic oxidation sites excluding steroid dienone is 34. The van der Waals surface area contributed by atoms with E-state index in [0.29, 0.717) is 12.8 Å². The lowest BCUT2D eigenvalue weighted by Crippen LogP contribution is -2.29. The maximum absolute atomic E-state index is 12.7. The fraction of sp³-hybridized carbons (Fsp3) is 0.532. The van der Waals surface area contributed by atoms with E-state index in [2.05, 4.69) is 220 Å². The van der Waals surface area contributed by atoms with Gasteiger partial charge in [0.05, 0.1) is 13.2 Å². The van der Waals surface area contributed by atoms with Crippen LogP contribution >= 0.6 is 7.82 Å². The number of hydrogen-bond acceptors (Lipinski definition) is 8. The molecule has 2 unspecified atom stereocenters. The van der Waals surface area contributed by atoms with E-state index in [1.54, 1.807) is 0 Å². The highest BCUT2D eigenvalue weighted by Crippen LogP contribution is 2.43. The molecule has 0 aliphatic heterocycles. The Kier molecular flexibility index (Phi) is 65.4. The van der Waals surface area contributed by atoms with Gasteiger partial charge in [0, 0.05) is 19.4 Å². The Morgan fingerprint density at radius 1 is 0.345 bits per heavy atom. The average Bonchev–Trinajstić information content (AvgIpc) is 3.65. The smallest absolute Gasteiger partial charge is 0.462 e. The number of hydrogen-bond donors (Lipinski definition) is 2. The van der Waals surface area contributed by atoms with Crippen molar-refractivity contribution < 1.29 is 37.6 Å². The van der Waals surface area contributed by atoms with Crippen LogP contribution in [0.1, 0.15) is 232 Å². The number of rotatable bonds is 60. The van der Waals surface area contributed by atoms with Crippen LogP contribution in [0.25, 0.3) is 0 Å². The highest BCUT2D eigenvalue weighted by atomic mass is 31.2. The number of unbranched alkanes of at least 4 members (excludes halogenated alkanes) is 13. The van der Waals surface area contributed by atoms with Gasteiger partial charge in [0.25, 0.3) is 0 Å². The van der Waals surface area contributed by atoms with Crippen LogP contribution in [0.4, 0.5) is 0 Å². The van der Waals surface area contributed by atoms with Crippen molar-refractivity contribution in [1.82, 2.24) is 0 Å². The monoisotopic (exact) mass is 1220 g/mol. The first-order chi connectivity index (χ1) is 42.8. The van der Waals surface area contributed by atoms with E-state index >= 15 is 0 Å². The number of carbonyl (C=O) groups excluding carboxylic acids is 2. The normalized spacial score (nSPS) is 14.3. The van der Waals surface area contributed by atoms with Crippen molar-refractivity contribution in [3.05, 3.63) is 207 Å². The van der Waals surface area contributed by atoms with Crippen molar-refractivity contribution in [3.8, 4) is 0 Å². The third-order valence-electron chi connectivity index (χ3n) is 13.2. The molecule has 0 aromatic heterocycles. The molecule has 0 rings (SSSR count). The molecule has 0 fully saturated rings. The molecule has 0 heterocycles. The Labute approximate surface area is 531 Å². The Bertz CT molecular complexity index is 2180. The number of carbonyl (C=O) groups is 2. The molecule has 0 saturated heterocycles. The van der Waals surface area contributed by atoms with Gasteiger partial charge in [0.2, 0.25) is 0 Å². The van der Waals surface area contributed by atoms with Gasteiger partial charge in [-0.1, -0.05) is 278 Å². The summed E-state index contributed by atoms with van der Waals surface area (Å²) >= 11 is 0. The molecule has 0 saturated carbocycles. The summed E-state index contributed by atoms with van der Waals surface area (Å²) in [5, 5.41) is 0. The summed E-state index contributed by atoms with van der Waals surface area (Å²) in [4.78, 5) is 35.3. The average molecular weight is 1220 g/mol. The molecule has 0 aliphatic carbocycles. The molecule has 0 aliphatic rings. The van der Waals surface area contributed by atoms with Crippen molar-refractivity contribution in [2.45, 2.75) is 238 Å². The van der Waals surface area contributed by atoms with Crippen molar-refractivity contribution in [2.75, 3.05) is 26.4 Å². The number of nitrogens with two attached hydrogens (primary N) is 1. The minimum Gasteiger partial charge on any atom is -0.462 e. The summed E-state index contributed by atoms with van der Waals surface area (Å²) in [5.74, 6) is -0.880. The molecule has 0 bridgehead atoms. The summed E-state index contributed by atoms with van der Waals surface area (Å²) in [5.41, 5.74) is 5.39. The zero-order chi connectivity index (χ0) is 63.0. The van der Waals surface area contributed by atoms with E-state index in [0.717, 1.165) is 161 Å². The van der Waals surface area contributed by atoms with Crippen molar-refractivity contribution in [3.63, 3.8) is 0 Å².